The zero-order valence-electron chi connectivity index (χ0n) is 7.25. The molecule has 3 radical (unpaired) electrons. The Bertz CT molecular complexity index is 299. The number of amides is 1. The first-order chi connectivity index (χ1) is 6.15. The van der Waals surface area contributed by atoms with Crippen LogP contribution in [0.5, 0.6) is 0 Å². The minimum absolute atomic E-state index is 0.0591. The summed E-state index contributed by atoms with van der Waals surface area (Å²) in [7, 11) is 1.77. The number of hydrogen-bond donors (Lipinski definition) is 0. The van der Waals surface area contributed by atoms with Crippen LogP contribution < -0.4 is 9.30 Å². The van der Waals surface area contributed by atoms with E-state index in [1.165, 1.54) is 4.40 Å². The molecule has 0 aromatic heterocycles. The number of carbonyl (C=O) groups is 1. The standard InChI is InChI=1S/C9H9BrGeNO/c1-12(9(13)6-10)8-4-2-7(11)3-5-8/h2-5H,6H2,1H3. The van der Waals surface area contributed by atoms with E-state index in [1.54, 1.807) is 11.9 Å². The molecule has 1 amide bonds. The van der Waals surface area contributed by atoms with Gasteiger partial charge in [-0.25, -0.2) is 0 Å². The molecule has 0 aliphatic carbocycles. The molecule has 2 nitrogen and oxygen atoms in total. The Hall–Kier alpha value is -0.287. The van der Waals surface area contributed by atoms with Gasteiger partial charge in [0.25, 0.3) is 0 Å². The third-order valence-corrected chi connectivity index (χ3v) is 2.92. The van der Waals surface area contributed by atoms with Gasteiger partial charge in [0.1, 0.15) is 0 Å². The molecule has 1 aromatic carbocycles. The van der Waals surface area contributed by atoms with E-state index in [-0.39, 0.29) is 5.91 Å². The van der Waals surface area contributed by atoms with Crippen LogP contribution in [-0.2, 0) is 4.79 Å². The third-order valence-electron chi connectivity index (χ3n) is 1.74. The second-order valence-corrected chi connectivity index (χ2v) is 4.41. The molecule has 1 rings (SSSR count). The Kier molecular flexibility index (Phi) is 3.99. The Balaban J connectivity index is 2.83. The molecule has 4 heteroatoms. The van der Waals surface area contributed by atoms with Gasteiger partial charge >= 0.3 is 94.8 Å². The molecule has 0 fully saturated rings. The number of nitrogens with zero attached hydrogens (tertiary/aromatic N) is 1. The summed E-state index contributed by atoms with van der Waals surface area (Å²) in [6, 6.07) is 7.87. The van der Waals surface area contributed by atoms with Crippen molar-refractivity contribution in [3.63, 3.8) is 0 Å². The monoisotopic (exact) mass is 300 g/mol. The Morgan fingerprint density at radius 3 is 2.46 bits per heavy atom. The molecular weight excluding hydrogens is 291 g/mol. The minimum atomic E-state index is 0.0591. The molecule has 0 aliphatic heterocycles. The number of halogens is 1. The van der Waals surface area contributed by atoms with Crippen LogP contribution in [0.3, 0.4) is 0 Å². The molecule has 0 saturated heterocycles. The molecule has 0 heterocycles. The van der Waals surface area contributed by atoms with Crippen LogP contribution in [0.4, 0.5) is 5.69 Å². The van der Waals surface area contributed by atoms with Crippen molar-refractivity contribution in [2.75, 3.05) is 17.3 Å². The van der Waals surface area contributed by atoms with E-state index in [9.17, 15) is 4.79 Å². The SMILES string of the molecule is CN(C(=O)CBr)c1cc[c]([Ge])cc1. The van der Waals surface area contributed by atoms with Gasteiger partial charge in [-0.2, -0.15) is 0 Å². The van der Waals surface area contributed by atoms with Crippen LogP contribution in [-0.4, -0.2) is 34.8 Å². The van der Waals surface area contributed by atoms with Gasteiger partial charge in [-0.3, -0.25) is 0 Å². The summed E-state index contributed by atoms with van der Waals surface area (Å²) < 4.78 is 1.20. The van der Waals surface area contributed by atoms with Crippen molar-refractivity contribution in [1.29, 1.82) is 0 Å². The zero-order chi connectivity index (χ0) is 9.84. The van der Waals surface area contributed by atoms with Crippen molar-refractivity contribution in [3.8, 4) is 0 Å². The Morgan fingerprint density at radius 2 is 2.00 bits per heavy atom. The average Bonchev–Trinajstić information content (AvgIpc) is 2.17. The molecule has 67 valence electrons. The topological polar surface area (TPSA) is 20.3 Å². The van der Waals surface area contributed by atoms with Gasteiger partial charge in [-0.05, 0) is 0 Å². The molecule has 0 saturated carbocycles. The summed E-state index contributed by atoms with van der Waals surface area (Å²) in [5.41, 5.74) is 0.926. The van der Waals surface area contributed by atoms with Crippen molar-refractivity contribution in [1.82, 2.24) is 0 Å². The molecule has 0 atom stereocenters. The van der Waals surface area contributed by atoms with Crippen LogP contribution in [0.2, 0.25) is 0 Å². The van der Waals surface area contributed by atoms with E-state index in [1.807, 2.05) is 40.8 Å². The Labute approximate surface area is 94.7 Å². The summed E-state index contributed by atoms with van der Waals surface area (Å²) in [6.07, 6.45) is 0. The second-order valence-electron chi connectivity index (χ2n) is 2.63. The number of hydrogen-bond acceptors (Lipinski definition) is 1. The normalized spacial score (nSPS) is 9.77. The van der Waals surface area contributed by atoms with Gasteiger partial charge < -0.3 is 0 Å². The van der Waals surface area contributed by atoms with E-state index in [0.29, 0.717) is 5.33 Å². The summed E-state index contributed by atoms with van der Waals surface area (Å²) in [5, 5.41) is 0.359. The maximum atomic E-state index is 11.3. The first-order valence-corrected chi connectivity index (χ1v) is 5.96. The predicted octanol–water partition coefficient (Wildman–Crippen LogP) is 0.838. The van der Waals surface area contributed by atoms with E-state index in [2.05, 4.69) is 15.9 Å². The Morgan fingerprint density at radius 1 is 1.46 bits per heavy atom. The van der Waals surface area contributed by atoms with Gasteiger partial charge in [0.15, 0.2) is 0 Å². The van der Waals surface area contributed by atoms with Crippen molar-refractivity contribution in [2.45, 2.75) is 0 Å². The number of carbonyl (C=O) groups excluding carboxylic acids is 1. The molecule has 0 spiro atoms. The molecule has 0 bridgehead atoms. The average molecular weight is 300 g/mol. The van der Waals surface area contributed by atoms with Crippen LogP contribution in [0.25, 0.3) is 0 Å². The second kappa shape index (κ2) is 4.81. The fourth-order valence-corrected chi connectivity index (χ4v) is 1.64. The van der Waals surface area contributed by atoms with Gasteiger partial charge in [0.2, 0.25) is 0 Å². The van der Waals surface area contributed by atoms with E-state index in [4.69, 9.17) is 0 Å². The number of anilines is 1. The number of alkyl halides is 1. The van der Waals surface area contributed by atoms with Crippen LogP contribution in [0.15, 0.2) is 24.3 Å². The quantitative estimate of drug-likeness (QED) is 0.585. The first kappa shape index (κ1) is 10.8. The molecular formula is C9H9BrGeNO. The summed E-state index contributed by atoms with van der Waals surface area (Å²) in [6.45, 7) is 0. The zero-order valence-corrected chi connectivity index (χ0v) is 10.9. The fraction of sp³-hybridized carbons (Fsp3) is 0.222. The predicted molar refractivity (Wildman–Crippen MR) is 59.0 cm³/mol. The summed E-state index contributed by atoms with van der Waals surface area (Å²) in [5.74, 6) is 0.0591. The van der Waals surface area contributed by atoms with E-state index < -0.39 is 0 Å². The number of rotatable bonds is 2. The third kappa shape index (κ3) is 2.84. The summed E-state index contributed by atoms with van der Waals surface area (Å²) in [4.78, 5) is 12.9. The van der Waals surface area contributed by atoms with Crippen LogP contribution >= 0.6 is 15.9 Å². The van der Waals surface area contributed by atoms with Crippen molar-refractivity contribution in [2.24, 2.45) is 0 Å². The first-order valence-electron chi connectivity index (χ1n) is 3.79. The van der Waals surface area contributed by atoms with Gasteiger partial charge in [-0.15, -0.1) is 0 Å². The van der Waals surface area contributed by atoms with E-state index in [0.717, 1.165) is 5.69 Å². The van der Waals surface area contributed by atoms with Crippen LogP contribution in [0, 0.1) is 0 Å². The van der Waals surface area contributed by atoms with Gasteiger partial charge in [-0.1, -0.05) is 0 Å². The number of benzene rings is 1. The van der Waals surface area contributed by atoms with Crippen molar-refractivity contribution in [3.05, 3.63) is 24.3 Å². The van der Waals surface area contributed by atoms with Crippen molar-refractivity contribution >= 4 is 48.4 Å². The molecule has 1 aromatic rings. The maximum absolute atomic E-state index is 11.3. The molecule has 13 heavy (non-hydrogen) atoms. The van der Waals surface area contributed by atoms with E-state index >= 15 is 0 Å². The fourth-order valence-electron chi connectivity index (χ4n) is 0.919. The molecule has 0 aliphatic rings. The summed E-state index contributed by atoms with van der Waals surface area (Å²) >= 11 is 5.16. The molecule has 0 unspecified atom stereocenters. The molecule has 0 N–H and O–H groups in total. The van der Waals surface area contributed by atoms with Crippen molar-refractivity contribution < 1.29 is 4.79 Å². The van der Waals surface area contributed by atoms with Crippen LogP contribution in [0.1, 0.15) is 0 Å². The van der Waals surface area contributed by atoms with Gasteiger partial charge in [0, 0.05) is 0 Å². The van der Waals surface area contributed by atoms with Gasteiger partial charge in [0.05, 0.1) is 0 Å².